The quantitative estimate of drug-likeness (QED) is 0.312. The van der Waals surface area contributed by atoms with Crippen molar-refractivity contribution in [2.75, 3.05) is 19.0 Å². The Morgan fingerprint density at radius 3 is 2.48 bits per heavy atom. The number of methoxy groups -OCH3 is 1. The van der Waals surface area contributed by atoms with Gasteiger partial charge in [0.05, 0.1) is 23.9 Å². The number of para-hydroxylation sites is 2. The first-order chi connectivity index (χ1) is 15.1. The van der Waals surface area contributed by atoms with Crippen LogP contribution in [0, 0.1) is 0 Å². The molecule has 0 aliphatic heterocycles. The van der Waals surface area contributed by atoms with Crippen molar-refractivity contribution in [1.29, 1.82) is 0 Å². The molecule has 5 nitrogen and oxygen atoms in total. The molecule has 3 aromatic rings. The minimum atomic E-state index is -0.317. The Morgan fingerprint density at radius 2 is 1.74 bits per heavy atom. The number of amides is 1. The zero-order valence-corrected chi connectivity index (χ0v) is 19.5. The summed E-state index contributed by atoms with van der Waals surface area (Å²) in [5.41, 5.74) is 2.44. The SMILES string of the molecule is COc1ccc(C(=O)NC(=S)Nc2ccccc2OCCCc2ccccc2)cc1Br. The van der Waals surface area contributed by atoms with Crippen LogP contribution in [0.25, 0.3) is 0 Å². The van der Waals surface area contributed by atoms with Gasteiger partial charge in [-0.1, -0.05) is 42.5 Å². The van der Waals surface area contributed by atoms with Gasteiger partial charge in [-0.25, -0.2) is 0 Å². The summed E-state index contributed by atoms with van der Waals surface area (Å²) in [7, 11) is 1.57. The maximum atomic E-state index is 12.5. The fourth-order valence-corrected chi connectivity index (χ4v) is 3.68. The molecule has 2 N–H and O–H groups in total. The van der Waals surface area contributed by atoms with Gasteiger partial charge in [0.1, 0.15) is 11.5 Å². The Kier molecular flexibility index (Phi) is 8.44. The Balaban J connectivity index is 1.54. The topological polar surface area (TPSA) is 59.6 Å². The van der Waals surface area contributed by atoms with Crippen molar-refractivity contribution in [1.82, 2.24) is 5.32 Å². The smallest absolute Gasteiger partial charge is 0.257 e. The van der Waals surface area contributed by atoms with E-state index in [4.69, 9.17) is 21.7 Å². The van der Waals surface area contributed by atoms with Crippen LogP contribution in [0.4, 0.5) is 5.69 Å². The Morgan fingerprint density at radius 1 is 1.00 bits per heavy atom. The maximum Gasteiger partial charge on any atom is 0.257 e. The molecule has 0 aliphatic carbocycles. The molecule has 1 amide bonds. The van der Waals surface area contributed by atoms with E-state index in [-0.39, 0.29) is 11.0 Å². The molecule has 7 heteroatoms. The van der Waals surface area contributed by atoms with Crippen molar-refractivity contribution in [3.8, 4) is 11.5 Å². The molecule has 0 saturated heterocycles. The van der Waals surface area contributed by atoms with E-state index < -0.39 is 0 Å². The highest BCUT2D eigenvalue weighted by Gasteiger charge is 2.12. The molecular weight excluding hydrogens is 476 g/mol. The Hall–Kier alpha value is -2.90. The Labute approximate surface area is 195 Å². The summed E-state index contributed by atoms with van der Waals surface area (Å²) in [6.07, 6.45) is 1.84. The number of hydrogen-bond acceptors (Lipinski definition) is 4. The van der Waals surface area contributed by atoms with Crippen LogP contribution in [0.1, 0.15) is 22.3 Å². The van der Waals surface area contributed by atoms with Crippen LogP contribution in [-0.2, 0) is 6.42 Å². The summed E-state index contributed by atoms with van der Waals surface area (Å²) >= 11 is 8.70. The van der Waals surface area contributed by atoms with Crippen molar-refractivity contribution in [2.45, 2.75) is 12.8 Å². The summed E-state index contributed by atoms with van der Waals surface area (Å²) in [6, 6.07) is 22.9. The van der Waals surface area contributed by atoms with Gasteiger partial charge in [-0.2, -0.15) is 0 Å². The van der Waals surface area contributed by atoms with E-state index >= 15 is 0 Å². The van der Waals surface area contributed by atoms with Crippen LogP contribution < -0.4 is 20.1 Å². The lowest BCUT2D eigenvalue weighted by atomic mass is 10.1. The molecule has 3 rings (SSSR count). The first-order valence-corrected chi connectivity index (χ1v) is 11.0. The summed E-state index contributed by atoms with van der Waals surface area (Å²) in [5, 5.41) is 5.93. The largest absolute Gasteiger partial charge is 0.496 e. The van der Waals surface area contributed by atoms with E-state index in [0.717, 1.165) is 12.8 Å². The highest BCUT2D eigenvalue weighted by atomic mass is 79.9. The minimum absolute atomic E-state index is 0.192. The number of ether oxygens (including phenoxy) is 2. The van der Waals surface area contributed by atoms with Gasteiger partial charge in [-0.3, -0.25) is 10.1 Å². The van der Waals surface area contributed by atoms with Crippen molar-refractivity contribution < 1.29 is 14.3 Å². The molecule has 3 aromatic carbocycles. The van der Waals surface area contributed by atoms with E-state index in [9.17, 15) is 4.79 Å². The van der Waals surface area contributed by atoms with Gasteiger partial charge in [0, 0.05) is 5.56 Å². The van der Waals surface area contributed by atoms with Crippen LogP contribution in [0.5, 0.6) is 11.5 Å². The van der Waals surface area contributed by atoms with Crippen LogP contribution in [0.15, 0.2) is 77.3 Å². The molecule has 0 unspecified atom stereocenters. The second-order valence-corrected chi connectivity index (χ2v) is 7.95. The molecule has 0 fully saturated rings. The maximum absolute atomic E-state index is 12.5. The predicted molar refractivity (Wildman–Crippen MR) is 131 cm³/mol. The van der Waals surface area contributed by atoms with Crippen molar-refractivity contribution in [2.24, 2.45) is 0 Å². The molecule has 0 aliphatic rings. The summed E-state index contributed by atoms with van der Waals surface area (Å²) in [5.74, 6) is 1.01. The van der Waals surface area contributed by atoms with Gasteiger partial charge >= 0.3 is 0 Å². The fourth-order valence-electron chi connectivity index (χ4n) is 2.94. The lowest BCUT2D eigenvalue weighted by Gasteiger charge is -2.14. The standard InChI is InChI=1S/C24H23BrN2O3S/c1-29-21-14-13-18(16-19(21)25)23(28)27-24(31)26-20-11-5-6-12-22(20)30-15-7-10-17-8-3-2-4-9-17/h2-6,8-9,11-14,16H,7,10,15H2,1H3,(H2,26,27,28,31). The third-order valence-electron chi connectivity index (χ3n) is 4.49. The number of anilines is 1. The average Bonchev–Trinajstić information content (AvgIpc) is 2.78. The highest BCUT2D eigenvalue weighted by molar-refractivity contribution is 9.10. The minimum Gasteiger partial charge on any atom is -0.496 e. The van der Waals surface area contributed by atoms with Gasteiger partial charge in [0.15, 0.2) is 5.11 Å². The van der Waals surface area contributed by atoms with Crippen molar-refractivity contribution in [3.05, 3.63) is 88.4 Å². The zero-order chi connectivity index (χ0) is 22.1. The monoisotopic (exact) mass is 498 g/mol. The predicted octanol–water partition coefficient (Wildman–Crippen LogP) is 5.60. The summed E-state index contributed by atoms with van der Waals surface area (Å²) in [6.45, 7) is 0.576. The molecular formula is C24H23BrN2O3S. The molecule has 0 aromatic heterocycles. The average molecular weight is 499 g/mol. The van der Waals surface area contributed by atoms with E-state index in [1.807, 2.05) is 42.5 Å². The van der Waals surface area contributed by atoms with Crippen molar-refractivity contribution in [3.63, 3.8) is 0 Å². The lowest BCUT2D eigenvalue weighted by Crippen LogP contribution is -2.34. The number of benzene rings is 3. The number of carbonyl (C=O) groups excluding carboxylic acids is 1. The molecule has 31 heavy (non-hydrogen) atoms. The molecule has 0 heterocycles. The van der Waals surface area contributed by atoms with Gasteiger partial charge in [0.2, 0.25) is 0 Å². The fraction of sp³-hybridized carbons (Fsp3) is 0.167. The van der Waals surface area contributed by atoms with Crippen LogP contribution in [0.3, 0.4) is 0 Å². The van der Waals surface area contributed by atoms with E-state index in [1.54, 1.807) is 25.3 Å². The normalized spacial score (nSPS) is 10.3. The molecule has 0 bridgehead atoms. The van der Waals surface area contributed by atoms with Gasteiger partial charge < -0.3 is 14.8 Å². The third-order valence-corrected chi connectivity index (χ3v) is 5.31. The van der Waals surface area contributed by atoms with Gasteiger partial charge in [-0.05, 0) is 76.9 Å². The summed E-state index contributed by atoms with van der Waals surface area (Å²) in [4.78, 5) is 12.5. The van der Waals surface area contributed by atoms with E-state index in [1.165, 1.54) is 5.56 Å². The number of hydrogen-bond donors (Lipinski definition) is 2. The third kappa shape index (κ3) is 6.80. The molecule has 0 atom stereocenters. The Bertz CT molecular complexity index is 1040. The number of rotatable bonds is 8. The van der Waals surface area contributed by atoms with E-state index in [2.05, 4.69) is 38.7 Å². The van der Waals surface area contributed by atoms with Gasteiger partial charge in [0.25, 0.3) is 5.91 Å². The van der Waals surface area contributed by atoms with Crippen LogP contribution in [0.2, 0.25) is 0 Å². The highest BCUT2D eigenvalue weighted by Crippen LogP contribution is 2.26. The molecule has 0 radical (unpaired) electrons. The first kappa shape index (κ1) is 22.8. The second kappa shape index (κ2) is 11.5. The molecule has 0 spiro atoms. The van der Waals surface area contributed by atoms with E-state index in [0.29, 0.717) is 33.8 Å². The number of carbonyl (C=O) groups is 1. The number of halogens is 1. The lowest BCUT2D eigenvalue weighted by molar-refractivity contribution is 0.0977. The van der Waals surface area contributed by atoms with Crippen LogP contribution in [-0.4, -0.2) is 24.7 Å². The summed E-state index contributed by atoms with van der Waals surface area (Å²) < 4.78 is 11.8. The molecule has 0 saturated carbocycles. The van der Waals surface area contributed by atoms with Gasteiger partial charge in [-0.15, -0.1) is 0 Å². The second-order valence-electron chi connectivity index (χ2n) is 6.69. The number of aryl methyl sites for hydroxylation is 1. The molecule has 160 valence electrons. The van der Waals surface area contributed by atoms with Crippen LogP contribution >= 0.6 is 28.1 Å². The zero-order valence-electron chi connectivity index (χ0n) is 17.1. The number of nitrogens with one attached hydrogen (secondary N) is 2. The number of thiocarbonyl (C=S) groups is 1. The van der Waals surface area contributed by atoms with Crippen molar-refractivity contribution >= 4 is 44.9 Å². The first-order valence-electron chi connectivity index (χ1n) is 9.78.